The van der Waals surface area contributed by atoms with E-state index < -0.39 is 0 Å². The fourth-order valence-corrected chi connectivity index (χ4v) is 3.78. The monoisotopic (exact) mass is 293 g/mol. The van der Waals surface area contributed by atoms with Crippen LogP contribution >= 0.6 is 11.8 Å². The molecule has 0 saturated heterocycles. The van der Waals surface area contributed by atoms with Gasteiger partial charge in [0.1, 0.15) is 5.75 Å². The molecule has 1 heterocycles. The van der Waals surface area contributed by atoms with Crippen molar-refractivity contribution < 1.29 is 9.53 Å². The number of anilines is 3. The van der Waals surface area contributed by atoms with Crippen LogP contribution in [0.4, 0.5) is 17.1 Å². The van der Waals surface area contributed by atoms with Crippen LogP contribution in [0.1, 0.15) is 19.3 Å². The van der Waals surface area contributed by atoms with E-state index >= 15 is 0 Å². The smallest absolute Gasteiger partial charge is 0.262 e. The van der Waals surface area contributed by atoms with E-state index in [0.29, 0.717) is 28.4 Å². The Labute approximate surface area is 122 Å². The molecule has 0 aromatic heterocycles. The number of nitrogens with two attached hydrogens (primary N) is 1. The Hall–Kier alpha value is -1.56. The van der Waals surface area contributed by atoms with E-state index in [9.17, 15) is 4.79 Å². The number of amides is 1. The highest BCUT2D eigenvalue weighted by Gasteiger charge is 2.27. The Bertz CT molecular complexity index is 535. The molecule has 0 radical (unpaired) electrons. The molecule has 4 N–H and O–H groups in total. The summed E-state index contributed by atoms with van der Waals surface area (Å²) >= 11 is 1.90. The molecule has 2 atom stereocenters. The third kappa shape index (κ3) is 2.52. The van der Waals surface area contributed by atoms with Crippen molar-refractivity contribution in [1.29, 1.82) is 0 Å². The van der Waals surface area contributed by atoms with E-state index in [-0.39, 0.29) is 12.5 Å². The lowest BCUT2D eigenvalue weighted by atomic mass is 10.1. The molecule has 1 saturated carbocycles. The quantitative estimate of drug-likeness (QED) is 0.746. The molecule has 1 aliphatic carbocycles. The molecule has 1 aromatic rings. The summed E-state index contributed by atoms with van der Waals surface area (Å²) in [4.78, 5) is 11.4. The van der Waals surface area contributed by atoms with E-state index in [4.69, 9.17) is 10.5 Å². The summed E-state index contributed by atoms with van der Waals surface area (Å²) in [5, 5.41) is 6.96. The van der Waals surface area contributed by atoms with E-state index in [1.165, 1.54) is 12.8 Å². The number of benzene rings is 1. The Kier molecular flexibility index (Phi) is 3.65. The molecule has 6 heteroatoms. The molecule has 1 fully saturated rings. The van der Waals surface area contributed by atoms with Gasteiger partial charge < -0.3 is 21.1 Å². The largest absolute Gasteiger partial charge is 0.482 e. The van der Waals surface area contributed by atoms with Gasteiger partial charge in [-0.25, -0.2) is 0 Å². The third-order valence-electron chi connectivity index (χ3n) is 3.88. The van der Waals surface area contributed by atoms with E-state index in [1.54, 1.807) is 6.07 Å². The highest BCUT2D eigenvalue weighted by Crippen LogP contribution is 2.37. The van der Waals surface area contributed by atoms with Crippen LogP contribution in [0.2, 0.25) is 0 Å². The Morgan fingerprint density at radius 3 is 3.10 bits per heavy atom. The lowest BCUT2D eigenvalue weighted by molar-refractivity contribution is -0.118. The number of hydrogen-bond donors (Lipinski definition) is 3. The van der Waals surface area contributed by atoms with E-state index in [2.05, 4.69) is 16.9 Å². The number of carbonyl (C=O) groups is 1. The van der Waals surface area contributed by atoms with Gasteiger partial charge in [0, 0.05) is 17.4 Å². The number of thioether (sulfide) groups is 1. The minimum atomic E-state index is -0.129. The lowest BCUT2D eigenvalue weighted by Crippen LogP contribution is -2.28. The van der Waals surface area contributed by atoms with Crippen molar-refractivity contribution in [1.82, 2.24) is 0 Å². The van der Waals surface area contributed by atoms with Gasteiger partial charge >= 0.3 is 0 Å². The first-order valence-corrected chi connectivity index (χ1v) is 8.11. The summed E-state index contributed by atoms with van der Waals surface area (Å²) in [6, 6.07) is 4.09. The van der Waals surface area contributed by atoms with Gasteiger partial charge in [-0.2, -0.15) is 11.8 Å². The van der Waals surface area contributed by atoms with Gasteiger partial charge in [-0.05, 0) is 25.2 Å². The van der Waals surface area contributed by atoms with Crippen molar-refractivity contribution in [2.45, 2.75) is 30.6 Å². The van der Waals surface area contributed by atoms with Crippen LogP contribution in [0.5, 0.6) is 5.75 Å². The van der Waals surface area contributed by atoms with Crippen LogP contribution in [-0.4, -0.2) is 30.1 Å². The summed E-state index contributed by atoms with van der Waals surface area (Å²) in [7, 11) is 0. The summed E-state index contributed by atoms with van der Waals surface area (Å²) in [6.07, 6.45) is 5.79. The second-order valence-corrected chi connectivity index (χ2v) is 6.31. The van der Waals surface area contributed by atoms with Crippen LogP contribution in [-0.2, 0) is 4.79 Å². The van der Waals surface area contributed by atoms with Crippen LogP contribution in [0.3, 0.4) is 0 Å². The molecule has 1 aliphatic heterocycles. The molecule has 2 unspecified atom stereocenters. The zero-order valence-corrected chi connectivity index (χ0v) is 12.3. The second kappa shape index (κ2) is 5.44. The summed E-state index contributed by atoms with van der Waals surface area (Å²) in [5.74, 6) is 0.511. The van der Waals surface area contributed by atoms with Crippen molar-refractivity contribution in [2.24, 2.45) is 0 Å². The zero-order valence-electron chi connectivity index (χ0n) is 11.4. The van der Waals surface area contributed by atoms with Gasteiger partial charge in [-0.1, -0.05) is 6.42 Å². The average molecular weight is 293 g/mol. The van der Waals surface area contributed by atoms with Crippen molar-refractivity contribution in [2.75, 3.05) is 29.2 Å². The topological polar surface area (TPSA) is 76.4 Å². The molecule has 0 bridgehead atoms. The van der Waals surface area contributed by atoms with E-state index in [0.717, 1.165) is 12.1 Å². The number of fused-ring (bicyclic) bond motifs is 1. The average Bonchev–Trinajstić information content (AvgIpc) is 2.87. The Morgan fingerprint density at radius 2 is 2.30 bits per heavy atom. The lowest BCUT2D eigenvalue weighted by Gasteiger charge is -2.24. The summed E-state index contributed by atoms with van der Waals surface area (Å²) in [6.45, 7) is 0.0520. The third-order valence-corrected chi connectivity index (χ3v) is 5.05. The summed E-state index contributed by atoms with van der Waals surface area (Å²) in [5.41, 5.74) is 8.31. The molecule has 3 rings (SSSR count). The Balaban J connectivity index is 1.83. The first-order valence-electron chi connectivity index (χ1n) is 6.83. The van der Waals surface area contributed by atoms with Crippen LogP contribution in [0, 0.1) is 0 Å². The molecular formula is C14H19N3O2S. The second-order valence-electron chi connectivity index (χ2n) is 5.23. The molecular weight excluding hydrogens is 274 g/mol. The predicted octanol–water partition coefficient (Wildman–Crippen LogP) is 2.30. The van der Waals surface area contributed by atoms with Gasteiger partial charge in [-0.3, -0.25) is 4.79 Å². The zero-order chi connectivity index (χ0) is 14.1. The van der Waals surface area contributed by atoms with Gasteiger partial charge in [0.15, 0.2) is 6.61 Å². The molecule has 5 nitrogen and oxygen atoms in total. The van der Waals surface area contributed by atoms with Crippen LogP contribution < -0.4 is 21.1 Å². The van der Waals surface area contributed by atoms with Gasteiger partial charge in [0.05, 0.1) is 17.1 Å². The summed E-state index contributed by atoms with van der Waals surface area (Å²) < 4.78 is 5.36. The molecule has 0 spiro atoms. The number of carbonyl (C=O) groups excluding carboxylic acids is 1. The highest BCUT2D eigenvalue weighted by molar-refractivity contribution is 7.99. The number of rotatable bonds is 3. The van der Waals surface area contributed by atoms with Crippen molar-refractivity contribution in [3.8, 4) is 5.75 Å². The van der Waals surface area contributed by atoms with Crippen molar-refractivity contribution >= 4 is 34.7 Å². The van der Waals surface area contributed by atoms with Gasteiger partial charge in [-0.15, -0.1) is 0 Å². The standard InChI is InChI=1S/C14H19N3O2S/c1-20-13-4-2-3-9(13)16-10-6-11-12(5-8(10)15)19-7-14(18)17-11/h5-6,9,13,16H,2-4,7,15H2,1H3,(H,17,18). The maximum Gasteiger partial charge on any atom is 0.262 e. The number of ether oxygens (including phenoxy) is 1. The number of nitrogen functional groups attached to an aromatic ring is 1. The molecule has 2 aliphatic rings. The first kappa shape index (κ1) is 13.4. The minimum Gasteiger partial charge on any atom is -0.482 e. The molecule has 20 heavy (non-hydrogen) atoms. The molecule has 1 amide bonds. The normalized spacial score (nSPS) is 24.8. The molecule has 1 aromatic carbocycles. The fraction of sp³-hybridized carbons (Fsp3) is 0.500. The van der Waals surface area contributed by atoms with Gasteiger partial charge in [0.25, 0.3) is 5.91 Å². The maximum absolute atomic E-state index is 11.4. The van der Waals surface area contributed by atoms with Crippen molar-refractivity contribution in [3.05, 3.63) is 12.1 Å². The first-order chi connectivity index (χ1) is 9.67. The van der Waals surface area contributed by atoms with Crippen molar-refractivity contribution in [3.63, 3.8) is 0 Å². The SMILES string of the molecule is CSC1CCCC1Nc1cc2c(cc1N)OCC(=O)N2. The minimum absolute atomic E-state index is 0.0520. The van der Waals surface area contributed by atoms with Gasteiger partial charge in [0.2, 0.25) is 0 Å². The Morgan fingerprint density at radius 1 is 1.45 bits per heavy atom. The number of hydrogen-bond acceptors (Lipinski definition) is 5. The highest BCUT2D eigenvalue weighted by atomic mass is 32.2. The van der Waals surface area contributed by atoms with Crippen LogP contribution in [0.25, 0.3) is 0 Å². The predicted molar refractivity (Wildman–Crippen MR) is 83.5 cm³/mol. The molecule has 108 valence electrons. The maximum atomic E-state index is 11.4. The fourth-order valence-electron chi connectivity index (χ4n) is 2.84. The van der Waals surface area contributed by atoms with Crippen LogP contribution in [0.15, 0.2) is 12.1 Å². The number of nitrogens with one attached hydrogen (secondary N) is 2. The van der Waals surface area contributed by atoms with E-state index in [1.807, 2.05) is 17.8 Å².